The van der Waals surface area contributed by atoms with Gasteiger partial charge in [-0.3, -0.25) is 9.59 Å². The van der Waals surface area contributed by atoms with Gasteiger partial charge in [-0.1, -0.05) is 12.1 Å². The molecule has 0 radical (unpaired) electrons. The molecule has 7 nitrogen and oxygen atoms in total. The number of fused-ring (bicyclic) bond motifs is 1. The van der Waals surface area contributed by atoms with Gasteiger partial charge in [-0.25, -0.2) is 9.67 Å². The molecule has 3 heterocycles. The van der Waals surface area contributed by atoms with Gasteiger partial charge in [0.2, 0.25) is 5.43 Å². The number of carbonyl (C=O) groups excluding carboxylic acids is 1. The van der Waals surface area contributed by atoms with Gasteiger partial charge in [0, 0.05) is 41.4 Å². The van der Waals surface area contributed by atoms with Crippen LogP contribution >= 0.6 is 0 Å². The summed E-state index contributed by atoms with van der Waals surface area (Å²) in [5.41, 5.74) is 0.272. The van der Waals surface area contributed by atoms with Gasteiger partial charge in [-0.15, -0.1) is 0 Å². The molecule has 0 saturated heterocycles. The molecule has 184 valence electrons. The molecule has 0 spiro atoms. The number of aromatic nitrogens is 4. The third-order valence-corrected chi connectivity index (χ3v) is 6.16. The number of hydrogen-bond donors (Lipinski definition) is 1. The molecule has 0 fully saturated rings. The Balaban J connectivity index is 1.42. The van der Waals surface area contributed by atoms with Crippen LogP contribution in [-0.2, 0) is 19.1 Å². The number of aryl methyl sites for hydroxylation is 2. The molecule has 5 rings (SSSR count). The number of halogens is 3. The van der Waals surface area contributed by atoms with Gasteiger partial charge < -0.3 is 9.88 Å². The summed E-state index contributed by atoms with van der Waals surface area (Å²) in [6.45, 7) is 2.36. The van der Waals surface area contributed by atoms with Gasteiger partial charge in [0.05, 0.1) is 11.3 Å². The van der Waals surface area contributed by atoms with Crippen molar-refractivity contribution in [1.82, 2.24) is 19.3 Å². The molecule has 0 unspecified atom stereocenters. The quantitative estimate of drug-likeness (QED) is 0.433. The molecule has 0 bridgehead atoms. The third kappa shape index (κ3) is 4.41. The first-order chi connectivity index (χ1) is 17.2. The number of amides is 1. The van der Waals surface area contributed by atoms with Gasteiger partial charge in [-0.05, 0) is 62.6 Å². The molecule has 1 amide bonds. The highest BCUT2D eigenvalue weighted by Crippen LogP contribution is 2.33. The van der Waals surface area contributed by atoms with Crippen LogP contribution in [0.2, 0.25) is 0 Å². The normalized spacial score (nSPS) is 13.3. The topological polar surface area (TPSA) is 81.8 Å². The predicted octanol–water partition coefficient (Wildman–Crippen LogP) is 5.01. The average Bonchev–Trinajstić information content (AvgIpc) is 3.28. The summed E-state index contributed by atoms with van der Waals surface area (Å²) in [6, 6.07) is 13.0. The fourth-order valence-corrected chi connectivity index (χ4v) is 4.41. The highest BCUT2D eigenvalue weighted by atomic mass is 19.4. The van der Waals surface area contributed by atoms with E-state index in [0.29, 0.717) is 5.69 Å². The smallest absolute Gasteiger partial charge is 0.328 e. The summed E-state index contributed by atoms with van der Waals surface area (Å²) in [5, 5.41) is 6.61. The summed E-state index contributed by atoms with van der Waals surface area (Å²) in [7, 11) is 0. The van der Waals surface area contributed by atoms with Crippen LogP contribution in [0.1, 0.15) is 40.3 Å². The second-order valence-corrected chi connectivity index (χ2v) is 8.64. The van der Waals surface area contributed by atoms with Crippen LogP contribution in [0.15, 0.2) is 65.6 Å². The molecule has 2 aromatic heterocycles. The van der Waals surface area contributed by atoms with E-state index in [4.69, 9.17) is 0 Å². The average molecular weight is 493 g/mol. The Morgan fingerprint density at radius 1 is 1.06 bits per heavy atom. The molecular weight excluding hydrogens is 471 g/mol. The van der Waals surface area contributed by atoms with Gasteiger partial charge >= 0.3 is 6.18 Å². The lowest BCUT2D eigenvalue weighted by Gasteiger charge is -2.17. The molecule has 1 N–H and O–H groups in total. The van der Waals surface area contributed by atoms with Crippen LogP contribution in [0.5, 0.6) is 0 Å². The van der Waals surface area contributed by atoms with E-state index in [0.717, 1.165) is 54.0 Å². The van der Waals surface area contributed by atoms with E-state index in [-0.39, 0.29) is 11.4 Å². The molecule has 1 aliphatic rings. The predicted molar refractivity (Wildman–Crippen MR) is 128 cm³/mol. The van der Waals surface area contributed by atoms with Gasteiger partial charge in [0.15, 0.2) is 5.69 Å². The standard InChI is InChI=1S/C26H22F3N5O2/c1-16-14-22(35)23(32-34(16)21-8-3-2-7-20(21)26(27,28)29)25(36)31-18-11-9-17(10-12-18)24-30-15-19-6-4-5-13-33(19)24/h2-3,7-12,14-15H,4-6,13H2,1H3,(H,31,36). The molecule has 0 saturated carbocycles. The first kappa shape index (κ1) is 23.5. The minimum absolute atomic E-state index is 0.167. The Morgan fingerprint density at radius 2 is 1.81 bits per heavy atom. The van der Waals surface area contributed by atoms with Crippen molar-refractivity contribution in [2.75, 3.05) is 5.32 Å². The summed E-state index contributed by atoms with van der Waals surface area (Å²) in [5.74, 6) is 0.0400. The summed E-state index contributed by atoms with van der Waals surface area (Å²) < 4.78 is 43.7. The molecule has 2 aromatic carbocycles. The third-order valence-electron chi connectivity index (χ3n) is 6.16. The number of nitrogens with zero attached hydrogens (tertiary/aromatic N) is 4. The molecule has 0 atom stereocenters. The molecule has 0 aliphatic carbocycles. The van der Waals surface area contributed by atoms with Crippen molar-refractivity contribution in [3.8, 4) is 17.1 Å². The summed E-state index contributed by atoms with van der Waals surface area (Å²) in [4.78, 5) is 29.9. The van der Waals surface area contributed by atoms with E-state index in [1.807, 2.05) is 18.3 Å². The fraction of sp³-hybridized carbons (Fsp3) is 0.231. The molecule has 1 aliphatic heterocycles. The maximum absolute atomic E-state index is 13.5. The van der Waals surface area contributed by atoms with Crippen LogP contribution < -0.4 is 10.7 Å². The van der Waals surface area contributed by atoms with Gasteiger partial charge in [-0.2, -0.15) is 18.3 Å². The second kappa shape index (κ2) is 9.10. The van der Waals surface area contributed by atoms with Crippen molar-refractivity contribution in [2.45, 2.75) is 38.9 Å². The zero-order valence-electron chi connectivity index (χ0n) is 19.3. The van der Waals surface area contributed by atoms with E-state index in [1.54, 1.807) is 12.1 Å². The lowest BCUT2D eigenvalue weighted by atomic mass is 10.1. The van der Waals surface area contributed by atoms with Crippen molar-refractivity contribution in [3.63, 3.8) is 0 Å². The minimum Gasteiger partial charge on any atom is -0.328 e. The number of carbonyl (C=O) groups is 1. The van der Waals surface area contributed by atoms with Gasteiger partial charge in [0.1, 0.15) is 5.82 Å². The molecule has 10 heteroatoms. The Morgan fingerprint density at radius 3 is 2.56 bits per heavy atom. The van der Waals surface area contributed by atoms with E-state index in [1.165, 1.54) is 30.8 Å². The second-order valence-electron chi connectivity index (χ2n) is 8.64. The number of hydrogen-bond acceptors (Lipinski definition) is 4. The van der Waals surface area contributed by atoms with Gasteiger partial charge in [0.25, 0.3) is 5.91 Å². The lowest BCUT2D eigenvalue weighted by Crippen LogP contribution is -2.27. The maximum Gasteiger partial charge on any atom is 0.418 e. The zero-order valence-corrected chi connectivity index (χ0v) is 19.3. The molecule has 36 heavy (non-hydrogen) atoms. The fourth-order valence-electron chi connectivity index (χ4n) is 4.41. The highest BCUT2D eigenvalue weighted by Gasteiger charge is 2.34. The summed E-state index contributed by atoms with van der Waals surface area (Å²) >= 11 is 0. The monoisotopic (exact) mass is 493 g/mol. The molecular formula is C26H22F3N5O2. The van der Waals surface area contributed by atoms with Crippen molar-refractivity contribution in [1.29, 1.82) is 0 Å². The van der Waals surface area contributed by atoms with E-state index in [9.17, 15) is 22.8 Å². The molecule has 4 aromatic rings. The summed E-state index contributed by atoms with van der Waals surface area (Å²) in [6.07, 6.45) is 0.489. The van der Waals surface area contributed by atoms with Crippen LogP contribution in [0, 0.1) is 6.92 Å². The van der Waals surface area contributed by atoms with Crippen molar-refractivity contribution in [2.24, 2.45) is 0 Å². The zero-order chi connectivity index (χ0) is 25.4. The first-order valence-corrected chi connectivity index (χ1v) is 11.5. The minimum atomic E-state index is -4.63. The number of rotatable bonds is 4. The number of nitrogens with one attached hydrogen (secondary N) is 1. The Labute approximate surface area is 204 Å². The Kier molecular flexibility index (Phi) is 5.95. The van der Waals surface area contributed by atoms with E-state index >= 15 is 0 Å². The number of benzene rings is 2. The van der Waals surface area contributed by atoms with Crippen LogP contribution in [0.4, 0.5) is 18.9 Å². The van der Waals surface area contributed by atoms with Crippen LogP contribution in [0.3, 0.4) is 0 Å². The number of anilines is 1. The first-order valence-electron chi connectivity index (χ1n) is 11.5. The number of alkyl halides is 3. The van der Waals surface area contributed by atoms with Crippen LogP contribution in [0.25, 0.3) is 17.1 Å². The largest absolute Gasteiger partial charge is 0.418 e. The van der Waals surface area contributed by atoms with Crippen molar-refractivity contribution >= 4 is 11.6 Å². The van der Waals surface area contributed by atoms with Crippen molar-refractivity contribution < 1.29 is 18.0 Å². The van der Waals surface area contributed by atoms with Crippen molar-refractivity contribution in [3.05, 3.63) is 93.7 Å². The lowest BCUT2D eigenvalue weighted by molar-refractivity contribution is -0.137. The Bertz CT molecular complexity index is 1500. The number of imidazole rings is 1. The number of para-hydroxylation sites is 1. The van der Waals surface area contributed by atoms with E-state index < -0.39 is 28.8 Å². The maximum atomic E-state index is 13.5. The Hall–Kier alpha value is -4.21. The van der Waals surface area contributed by atoms with Crippen LogP contribution in [-0.4, -0.2) is 25.2 Å². The highest BCUT2D eigenvalue weighted by molar-refractivity contribution is 6.02. The SMILES string of the molecule is Cc1cc(=O)c(C(=O)Nc2ccc(-c3ncc4n3CCCC4)cc2)nn1-c1ccccc1C(F)(F)F. The van der Waals surface area contributed by atoms with E-state index in [2.05, 4.69) is 20.0 Å².